The van der Waals surface area contributed by atoms with E-state index in [9.17, 15) is 13.2 Å². The van der Waals surface area contributed by atoms with Crippen LogP contribution in [0.5, 0.6) is 0 Å². The van der Waals surface area contributed by atoms with Gasteiger partial charge in [-0.25, -0.2) is 23.1 Å². The highest BCUT2D eigenvalue weighted by molar-refractivity contribution is 7.89. The average Bonchev–Trinajstić information content (AvgIpc) is 3.45. The minimum Gasteiger partial charge on any atom is -0.320 e. The fourth-order valence-electron chi connectivity index (χ4n) is 5.98. The molecule has 236 valence electrons. The molecule has 0 fully saturated rings. The Balaban J connectivity index is 1.44. The quantitative estimate of drug-likeness (QED) is 0.233. The highest BCUT2D eigenvalue weighted by Gasteiger charge is 2.34. The third-order valence-electron chi connectivity index (χ3n) is 8.63. The van der Waals surface area contributed by atoms with Gasteiger partial charge in [-0.1, -0.05) is 36.8 Å². The molecule has 4 heterocycles. The fourth-order valence-corrected chi connectivity index (χ4v) is 7.66. The molecular weight excluding hydrogens is 600 g/mol. The largest absolute Gasteiger partial charge is 0.320 e. The zero-order chi connectivity index (χ0) is 32.4. The van der Waals surface area contributed by atoms with Gasteiger partial charge in [0.15, 0.2) is 0 Å². The second-order valence-corrected chi connectivity index (χ2v) is 13.5. The number of hydrogen-bond donors (Lipinski definition) is 1. The first-order chi connectivity index (χ1) is 22.2. The van der Waals surface area contributed by atoms with Crippen molar-refractivity contribution in [2.24, 2.45) is 5.92 Å². The van der Waals surface area contributed by atoms with Gasteiger partial charge in [-0.05, 0) is 90.8 Å². The van der Waals surface area contributed by atoms with Crippen molar-refractivity contribution in [3.8, 4) is 0 Å². The van der Waals surface area contributed by atoms with E-state index in [4.69, 9.17) is 0 Å². The summed E-state index contributed by atoms with van der Waals surface area (Å²) in [4.78, 5) is 26.1. The van der Waals surface area contributed by atoms with Crippen LogP contribution in [0.25, 0.3) is 16.6 Å². The van der Waals surface area contributed by atoms with Crippen LogP contribution in [0.1, 0.15) is 53.8 Å². The van der Waals surface area contributed by atoms with E-state index in [1.807, 2.05) is 55.8 Å². The van der Waals surface area contributed by atoms with E-state index in [0.717, 1.165) is 45.3 Å². The number of fused-ring (bicyclic) bond motifs is 2. The summed E-state index contributed by atoms with van der Waals surface area (Å²) in [6.07, 6.45) is 9.11. The minimum absolute atomic E-state index is 0.140. The molecule has 0 aliphatic carbocycles. The predicted molar refractivity (Wildman–Crippen MR) is 176 cm³/mol. The van der Waals surface area contributed by atoms with Crippen LogP contribution in [0.3, 0.4) is 0 Å². The van der Waals surface area contributed by atoms with Gasteiger partial charge < -0.3 is 5.32 Å². The van der Waals surface area contributed by atoms with Gasteiger partial charge in [0.1, 0.15) is 16.7 Å². The number of nitrogens with zero attached hydrogens (tertiary/aromatic N) is 7. The molecule has 11 nitrogen and oxygen atoms in total. The van der Waals surface area contributed by atoms with E-state index in [2.05, 4.69) is 37.5 Å². The van der Waals surface area contributed by atoms with Gasteiger partial charge in [-0.2, -0.15) is 4.31 Å². The number of benzene rings is 2. The van der Waals surface area contributed by atoms with Gasteiger partial charge in [0.25, 0.3) is 0 Å². The van der Waals surface area contributed by atoms with Crippen molar-refractivity contribution in [1.82, 2.24) is 34.3 Å². The van der Waals surface area contributed by atoms with Gasteiger partial charge in [0, 0.05) is 31.9 Å². The first-order valence-corrected chi connectivity index (χ1v) is 16.8. The van der Waals surface area contributed by atoms with Gasteiger partial charge in [0.05, 0.1) is 29.3 Å². The number of pyridine rings is 1. The summed E-state index contributed by atoms with van der Waals surface area (Å²) in [5.41, 5.74) is 7.68. The van der Waals surface area contributed by atoms with Crippen LogP contribution >= 0.6 is 0 Å². The number of aryl methyl sites for hydroxylation is 3. The van der Waals surface area contributed by atoms with Crippen LogP contribution in [0, 0.1) is 19.8 Å². The number of carbonyl (C=O) groups is 1. The first-order valence-electron chi connectivity index (χ1n) is 15.3. The summed E-state index contributed by atoms with van der Waals surface area (Å²) in [6.45, 7) is 9.30. The zero-order valence-electron chi connectivity index (χ0n) is 26.3. The molecule has 0 saturated carbocycles. The highest BCUT2D eigenvalue weighted by Crippen LogP contribution is 2.33. The van der Waals surface area contributed by atoms with E-state index < -0.39 is 10.0 Å². The number of sulfonamides is 1. The monoisotopic (exact) mass is 636 g/mol. The lowest BCUT2D eigenvalue weighted by molar-refractivity contribution is -0.111. The predicted octanol–water partition coefficient (Wildman–Crippen LogP) is 5.10. The number of aromatic nitrogens is 6. The average molecular weight is 637 g/mol. The Labute approximate surface area is 268 Å². The van der Waals surface area contributed by atoms with E-state index >= 15 is 0 Å². The molecule has 46 heavy (non-hydrogen) atoms. The van der Waals surface area contributed by atoms with Crippen LogP contribution in [-0.4, -0.2) is 55.1 Å². The molecule has 0 saturated heterocycles. The summed E-state index contributed by atoms with van der Waals surface area (Å²) in [5, 5.41) is 11.6. The van der Waals surface area contributed by atoms with Gasteiger partial charge in [-0.15, -0.1) is 5.10 Å². The SMILES string of the molecule is CC[C@H]1Cc2ncccc2S(=O)(=O)N(Cc2cc(/C(=C/C(=O)Nc3cncnc3)c3ccc4c(nnn4CC)c3C)ccc2C)C1. The third-order valence-corrected chi connectivity index (χ3v) is 10.5. The number of anilines is 1. The van der Waals surface area contributed by atoms with E-state index in [-0.39, 0.29) is 23.3 Å². The molecular formula is C34H36N8O3S. The van der Waals surface area contributed by atoms with Crippen molar-refractivity contribution in [3.63, 3.8) is 0 Å². The number of nitrogens with one attached hydrogen (secondary N) is 1. The van der Waals surface area contributed by atoms with Crippen LogP contribution in [0.4, 0.5) is 5.69 Å². The van der Waals surface area contributed by atoms with Crippen molar-refractivity contribution < 1.29 is 13.2 Å². The molecule has 0 unspecified atom stereocenters. The summed E-state index contributed by atoms with van der Waals surface area (Å²) < 4.78 is 31.3. The smallest absolute Gasteiger partial charge is 0.249 e. The molecule has 12 heteroatoms. The van der Waals surface area contributed by atoms with Crippen molar-refractivity contribution in [1.29, 1.82) is 0 Å². The molecule has 1 atom stereocenters. The Kier molecular flexibility index (Phi) is 8.74. The van der Waals surface area contributed by atoms with Gasteiger partial charge >= 0.3 is 0 Å². The van der Waals surface area contributed by atoms with Crippen molar-refractivity contribution in [2.75, 3.05) is 11.9 Å². The van der Waals surface area contributed by atoms with Gasteiger partial charge in [0.2, 0.25) is 15.9 Å². The molecule has 0 spiro atoms. The summed E-state index contributed by atoms with van der Waals surface area (Å²) in [7, 11) is -3.78. The standard InChI is InChI=1S/C34H36N8O3S/c1-5-24-14-30-32(8-7-13-37-30)46(44,45)41(19-24)20-26-15-25(10-9-22(26)3)29(16-33(43)38-27-17-35-21-36-18-27)28-11-12-31-34(23(28)4)39-40-42(31)6-2/h7-13,15-18,21,24H,5-6,14,19-20H2,1-4H3,(H,38,43)/b29-16-/t24-/m0/s1. The molecule has 1 aliphatic rings. The second-order valence-electron chi connectivity index (χ2n) is 11.6. The molecule has 5 aromatic rings. The Bertz CT molecular complexity index is 2060. The molecule has 0 radical (unpaired) electrons. The third kappa shape index (κ3) is 6.05. The molecule has 2 aromatic carbocycles. The van der Waals surface area contributed by atoms with Crippen LogP contribution < -0.4 is 5.32 Å². The van der Waals surface area contributed by atoms with E-state index in [1.165, 1.54) is 18.7 Å². The van der Waals surface area contributed by atoms with Crippen molar-refractivity contribution in [2.45, 2.75) is 58.5 Å². The zero-order valence-corrected chi connectivity index (χ0v) is 27.1. The summed E-state index contributed by atoms with van der Waals surface area (Å²) >= 11 is 0. The Morgan fingerprint density at radius 3 is 2.65 bits per heavy atom. The van der Waals surface area contributed by atoms with Crippen LogP contribution in [0.15, 0.2) is 78.4 Å². The molecule has 1 aliphatic heterocycles. The maximum atomic E-state index is 14.0. The van der Waals surface area contributed by atoms with E-state index in [1.54, 1.807) is 28.7 Å². The molecule has 6 rings (SSSR count). The van der Waals surface area contributed by atoms with Crippen molar-refractivity contribution in [3.05, 3.63) is 107 Å². The Hall–Kier alpha value is -4.81. The molecule has 3 aromatic heterocycles. The first kappa shape index (κ1) is 31.2. The molecule has 1 N–H and O–H groups in total. The maximum Gasteiger partial charge on any atom is 0.249 e. The summed E-state index contributed by atoms with van der Waals surface area (Å²) in [6, 6.07) is 13.2. The number of rotatable bonds is 8. The number of carbonyl (C=O) groups excluding carboxylic acids is 1. The van der Waals surface area contributed by atoms with Gasteiger partial charge in [-0.3, -0.25) is 9.78 Å². The van der Waals surface area contributed by atoms with Crippen molar-refractivity contribution >= 4 is 38.2 Å². The lowest BCUT2D eigenvalue weighted by atomic mass is 9.91. The fraction of sp³-hybridized carbons (Fsp3) is 0.294. The Morgan fingerprint density at radius 2 is 1.89 bits per heavy atom. The maximum absolute atomic E-state index is 14.0. The second kappa shape index (κ2) is 12.9. The highest BCUT2D eigenvalue weighted by atomic mass is 32.2. The summed E-state index contributed by atoms with van der Waals surface area (Å²) in [5.74, 6) is -0.213. The lowest BCUT2D eigenvalue weighted by Crippen LogP contribution is -2.33. The van der Waals surface area contributed by atoms with E-state index in [0.29, 0.717) is 36.5 Å². The lowest BCUT2D eigenvalue weighted by Gasteiger charge is -2.24. The number of hydrogen-bond acceptors (Lipinski definition) is 8. The number of amides is 1. The van der Waals surface area contributed by atoms with Crippen LogP contribution in [-0.2, 0) is 34.3 Å². The molecule has 1 amide bonds. The minimum atomic E-state index is -3.78. The topological polar surface area (TPSA) is 136 Å². The normalized spacial score (nSPS) is 16.6. The molecule has 0 bridgehead atoms. The van der Waals surface area contributed by atoms with Crippen LogP contribution in [0.2, 0.25) is 0 Å². The Morgan fingerprint density at radius 1 is 1.09 bits per heavy atom.